The molecule has 0 radical (unpaired) electrons. The fraction of sp³-hybridized carbons (Fsp3) is 0.0588. The number of carbonyl (C=O) groups is 1. The number of thiazole rings is 1. The predicted octanol–water partition coefficient (Wildman–Crippen LogP) is 4.75. The van der Waals surface area contributed by atoms with Crippen LogP contribution in [0.5, 0.6) is 0 Å². The zero-order chi connectivity index (χ0) is 15.5. The summed E-state index contributed by atoms with van der Waals surface area (Å²) >= 11 is 7.09. The van der Waals surface area contributed by atoms with Gasteiger partial charge in [-0.05, 0) is 17.7 Å². The lowest BCUT2D eigenvalue weighted by molar-refractivity contribution is 0.0702. The minimum absolute atomic E-state index is 0.273. The molecule has 0 saturated heterocycles. The molecular weight excluding hydrogens is 318 g/mol. The van der Waals surface area contributed by atoms with Gasteiger partial charge in [-0.25, -0.2) is 9.78 Å². The molecule has 3 aromatic rings. The van der Waals surface area contributed by atoms with Crippen LogP contribution in [0.15, 0.2) is 54.6 Å². The molecule has 0 aliphatic carbocycles. The molecule has 0 bridgehead atoms. The summed E-state index contributed by atoms with van der Waals surface area (Å²) in [4.78, 5) is 16.3. The van der Waals surface area contributed by atoms with Crippen LogP contribution in [0.4, 0.5) is 0 Å². The van der Waals surface area contributed by atoms with E-state index in [9.17, 15) is 9.90 Å². The predicted molar refractivity (Wildman–Crippen MR) is 88.8 cm³/mol. The Morgan fingerprint density at radius 1 is 1.09 bits per heavy atom. The maximum absolute atomic E-state index is 11.5. The Kier molecular flexibility index (Phi) is 4.22. The number of benzene rings is 2. The first-order valence-electron chi connectivity index (χ1n) is 6.66. The van der Waals surface area contributed by atoms with Crippen LogP contribution in [-0.2, 0) is 6.42 Å². The molecule has 5 heteroatoms. The standard InChI is InChI=1S/C17H12ClNO2S/c18-13-8-6-11(7-9-13)10-14-19-15(16(22-14)17(20)21)12-4-2-1-3-5-12/h1-9H,10H2,(H,20,21). The topological polar surface area (TPSA) is 50.2 Å². The summed E-state index contributed by atoms with van der Waals surface area (Å²) in [5, 5.41) is 10.9. The number of hydrogen-bond donors (Lipinski definition) is 1. The summed E-state index contributed by atoms with van der Waals surface area (Å²) in [6.45, 7) is 0. The first kappa shape index (κ1) is 14.8. The Balaban J connectivity index is 1.97. The lowest BCUT2D eigenvalue weighted by Gasteiger charge is -1.98. The van der Waals surface area contributed by atoms with E-state index in [1.165, 1.54) is 11.3 Å². The molecule has 1 aromatic heterocycles. The van der Waals surface area contributed by atoms with E-state index < -0.39 is 5.97 Å². The van der Waals surface area contributed by atoms with Crippen LogP contribution >= 0.6 is 22.9 Å². The SMILES string of the molecule is O=C(O)c1sc(Cc2ccc(Cl)cc2)nc1-c1ccccc1. The molecule has 3 rings (SSSR count). The number of aromatic nitrogens is 1. The molecule has 2 aromatic carbocycles. The van der Waals surface area contributed by atoms with E-state index in [1.807, 2.05) is 54.6 Å². The average Bonchev–Trinajstić information content (AvgIpc) is 2.95. The number of rotatable bonds is 4. The van der Waals surface area contributed by atoms with Gasteiger partial charge in [-0.3, -0.25) is 0 Å². The molecule has 0 spiro atoms. The number of carboxylic acid groups (broad SMARTS) is 1. The molecule has 0 atom stereocenters. The minimum Gasteiger partial charge on any atom is -0.477 e. The largest absolute Gasteiger partial charge is 0.477 e. The van der Waals surface area contributed by atoms with Gasteiger partial charge in [-0.2, -0.15) is 0 Å². The molecule has 0 aliphatic heterocycles. The van der Waals surface area contributed by atoms with Gasteiger partial charge in [-0.15, -0.1) is 11.3 Å². The Bertz CT molecular complexity index is 797. The maximum atomic E-state index is 11.5. The van der Waals surface area contributed by atoms with E-state index in [4.69, 9.17) is 11.6 Å². The normalized spacial score (nSPS) is 10.6. The third-order valence-electron chi connectivity index (χ3n) is 3.18. The van der Waals surface area contributed by atoms with Gasteiger partial charge in [0.15, 0.2) is 0 Å². The van der Waals surface area contributed by atoms with E-state index in [1.54, 1.807) is 0 Å². The lowest BCUT2D eigenvalue weighted by atomic mass is 10.1. The maximum Gasteiger partial charge on any atom is 0.348 e. The molecule has 0 unspecified atom stereocenters. The first-order valence-corrected chi connectivity index (χ1v) is 7.86. The second-order valence-electron chi connectivity index (χ2n) is 4.76. The summed E-state index contributed by atoms with van der Waals surface area (Å²) in [5.74, 6) is -0.946. The Morgan fingerprint density at radius 2 is 1.77 bits per heavy atom. The number of nitrogens with zero attached hydrogens (tertiary/aromatic N) is 1. The second-order valence-corrected chi connectivity index (χ2v) is 6.28. The van der Waals surface area contributed by atoms with Crippen LogP contribution in [-0.4, -0.2) is 16.1 Å². The number of halogens is 1. The van der Waals surface area contributed by atoms with Gasteiger partial charge in [0.1, 0.15) is 4.88 Å². The van der Waals surface area contributed by atoms with Crippen molar-refractivity contribution in [2.75, 3.05) is 0 Å². The monoisotopic (exact) mass is 329 g/mol. The molecule has 1 heterocycles. The van der Waals surface area contributed by atoms with Crippen molar-refractivity contribution in [3.05, 3.63) is 75.1 Å². The van der Waals surface area contributed by atoms with Gasteiger partial charge in [0.2, 0.25) is 0 Å². The van der Waals surface area contributed by atoms with Crippen LogP contribution in [0.3, 0.4) is 0 Å². The molecule has 0 aliphatic rings. The summed E-state index contributed by atoms with van der Waals surface area (Å²) in [6, 6.07) is 16.9. The summed E-state index contributed by atoms with van der Waals surface area (Å²) < 4.78 is 0. The fourth-order valence-electron chi connectivity index (χ4n) is 2.15. The summed E-state index contributed by atoms with van der Waals surface area (Å²) in [6.07, 6.45) is 0.592. The van der Waals surface area contributed by atoms with Crippen molar-refractivity contribution in [3.8, 4) is 11.3 Å². The first-order chi connectivity index (χ1) is 10.6. The highest BCUT2D eigenvalue weighted by molar-refractivity contribution is 7.14. The molecule has 110 valence electrons. The minimum atomic E-state index is -0.946. The van der Waals surface area contributed by atoms with Crippen LogP contribution in [0.2, 0.25) is 5.02 Å². The van der Waals surface area contributed by atoms with Crippen molar-refractivity contribution < 1.29 is 9.90 Å². The average molecular weight is 330 g/mol. The lowest BCUT2D eigenvalue weighted by Crippen LogP contribution is -1.95. The van der Waals surface area contributed by atoms with Crippen molar-refractivity contribution in [1.29, 1.82) is 0 Å². The third kappa shape index (κ3) is 3.18. The molecule has 3 nitrogen and oxygen atoms in total. The Morgan fingerprint density at radius 3 is 2.41 bits per heavy atom. The van der Waals surface area contributed by atoms with Gasteiger partial charge in [0, 0.05) is 17.0 Å². The van der Waals surface area contributed by atoms with Gasteiger partial charge >= 0.3 is 5.97 Å². The number of hydrogen-bond acceptors (Lipinski definition) is 3. The van der Waals surface area contributed by atoms with Gasteiger partial charge < -0.3 is 5.11 Å². The number of aromatic carboxylic acids is 1. The molecule has 0 saturated carbocycles. The highest BCUT2D eigenvalue weighted by Crippen LogP contribution is 2.29. The smallest absolute Gasteiger partial charge is 0.348 e. The van der Waals surface area contributed by atoms with Crippen LogP contribution in [0.1, 0.15) is 20.2 Å². The molecule has 0 amide bonds. The highest BCUT2D eigenvalue weighted by atomic mass is 35.5. The van der Waals surface area contributed by atoms with Crippen molar-refractivity contribution >= 4 is 28.9 Å². The van der Waals surface area contributed by atoms with Crippen molar-refractivity contribution in [1.82, 2.24) is 4.98 Å². The van der Waals surface area contributed by atoms with Crippen LogP contribution in [0.25, 0.3) is 11.3 Å². The van der Waals surface area contributed by atoms with Crippen molar-refractivity contribution in [3.63, 3.8) is 0 Å². The molecule has 0 fully saturated rings. The van der Waals surface area contributed by atoms with Crippen LogP contribution in [0, 0.1) is 0 Å². The van der Waals surface area contributed by atoms with Crippen molar-refractivity contribution in [2.45, 2.75) is 6.42 Å². The third-order valence-corrected chi connectivity index (χ3v) is 4.48. The molecule has 22 heavy (non-hydrogen) atoms. The molecule has 1 N–H and O–H groups in total. The van der Waals surface area contributed by atoms with Gasteiger partial charge in [0.25, 0.3) is 0 Å². The quantitative estimate of drug-likeness (QED) is 0.751. The zero-order valence-corrected chi connectivity index (χ0v) is 13.1. The molecular formula is C17H12ClNO2S. The van der Waals surface area contributed by atoms with E-state index in [0.29, 0.717) is 17.1 Å². The zero-order valence-electron chi connectivity index (χ0n) is 11.5. The van der Waals surface area contributed by atoms with Gasteiger partial charge in [0.05, 0.1) is 10.7 Å². The van der Waals surface area contributed by atoms with E-state index in [-0.39, 0.29) is 4.88 Å². The summed E-state index contributed by atoms with van der Waals surface area (Å²) in [7, 11) is 0. The van der Waals surface area contributed by atoms with Gasteiger partial charge in [-0.1, -0.05) is 54.1 Å². The van der Waals surface area contributed by atoms with E-state index >= 15 is 0 Å². The highest BCUT2D eigenvalue weighted by Gasteiger charge is 2.18. The fourth-order valence-corrected chi connectivity index (χ4v) is 3.24. The van der Waals surface area contributed by atoms with Crippen LogP contribution < -0.4 is 0 Å². The van der Waals surface area contributed by atoms with E-state index in [2.05, 4.69) is 4.98 Å². The summed E-state index contributed by atoms with van der Waals surface area (Å²) in [5.41, 5.74) is 2.40. The second kappa shape index (κ2) is 6.30. The number of carboxylic acids is 1. The Labute approximate surface area is 136 Å². The van der Waals surface area contributed by atoms with Crippen molar-refractivity contribution in [2.24, 2.45) is 0 Å². The van der Waals surface area contributed by atoms with E-state index in [0.717, 1.165) is 16.1 Å². The Hall–Kier alpha value is -2.17.